The van der Waals surface area contributed by atoms with Gasteiger partial charge >= 0.3 is 0 Å². The van der Waals surface area contributed by atoms with E-state index in [-0.39, 0.29) is 17.9 Å². The quantitative estimate of drug-likeness (QED) is 0.121. The van der Waals surface area contributed by atoms with Gasteiger partial charge in [-0.25, -0.2) is 0 Å². The number of aliphatic hydroxyl groups excluding tert-OH is 1. The van der Waals surface area contributed by atoms with Crippen LogP contribution in [-0.2, 0) is 16.1 Å². The maximum Gasteiger partial charge on any atom is 0.295 e. The van der Waals surface area contributed by atoms with E-state index in [0.29, 0.717) is 48.2 Å². The number of pyridine rings is 1. The molecule has 40 heavy (non-hydrogen) atoms. The molecule has 1 atom stereocenters. The average molecular weight is 545 g/mol. The molecule has 8 nitrogen and oxygen atoms in total. The van der Waals surface area contributed by atoms with Gasteiger partial charge in [-0.2, -0.15) is 0 Å². The van der Waals surface area contributed by atoms with Gasteiger partial charge in [0.2, 0.25) is 0 Å². The second-order valence-electron chi connectivity index (χ2n) is 9.43. The molecule has 1 amide bonds. The first-order chi connectivity index (χ1) is 19.5. The van der Waals surface area contributed by atoms with Crippen LogP contribution in [0.15, 0.2) is 72.6 Å². The number of rotatable bonds is 13. The van der Waals surface area contributed by atoms with E-state index < -0.39 is 17.7 Å². The van der Waals surface area contributed by atoms with Crippen LogP contribution in [0.2, 0.25) is 0 Å². The van der Waals surface area contributed by atoms with Crippen molar-refractivity contribution in [1.82, 2.24) is 9.88 Å². The molecule has 1 N–H and O–H groups in total. The Bertz CT molecular complexity index is 1340. The Hall–Kier alpha value is -4.33. The van der Waals surface area contributed by atoms with Gasteiger partial charge in [-0.1, -0.05) is 25.8 Å². The number of carbonyl (C=O) groups excluding carboxylic acids is 2. The molecule has 1 saturated heterocycles. The number of unbranched alkanes of at least 4 members (excludes halogenated alkanes) is 2. The van der Waals surface area contributed by atoms with Crippen LogP contribution in [0.3, 0.4) is 0 Å². The van der Waals surface area contributed by atoms with Crippen molar-refractivity contribution in [3.63, 3.8) is 0 Å². The molecule has 0 spiro atoms. The summed E-state index contributed by atoms with van der Waals surface area (Å²) in [5.41, 5.74) is 1.87. The van der Waals surface area contributed by atoms with Crippen molar-refractivity contribution < 1.29 is 28.9 Å². The summed E-state index contributed by atoms with van der Waals surface area (Å²) in [6.45, 7) is 7.55. The lowest BCUT2D eigenvalue weighted by Gasteiger charge is -2.26. The van der Waals surface area contributed by atoms with Gasteiger partial charge in [0.1, 0.15) is 11.5 Å². The Balaban J connectivity index is 1.79. The molecule has 0 saturated carbocycles. The summed E-state index contributed by atoms with van der Waals surface area (Å²) in [6, 6.07) is 14.9. The topological polar surface area (TPSA) is 98.2 Å². The second kappa shape index (κ2) is 13.6. The summed E-state index contributed by atoms with van der Waals surface area (Å²) in [5.74, 6) is 0.0768. The van der Waals surface area contributed by atoms with Gasteiger partial charge in [-0.15, -0.1) is 0 Å². The molecule has 210 valence electrons. The number of ketones is 1. The lowest BCUT2D eigenvalue weighted by atomic mass is 9.94. The summed E-state index contributed by atoms with van der Waals surface area (Å²) in [5, 5.41) is 11.4. The molecule has 2 aromatic carbocycles. The molecular formula is C32H36N2O6. The maximum absolute atomic E-state index is 13.5. The van der Waals surface area contributed by atoms with E-state index >= 15 is 0 Å². The zero-order valence-corrected chi connectivity index (χ0v) is 23.3. The first-order valence-electron chi connectivity index (χ1n) is 13.8. The van der Waals surface area contributed by atoms with Gasteiger partial charge in [0, 0.05) is 24.5 Å². The number of hydrogen-bond donors (Lipinski definition) is 1. The van der Waals surface area contributed by atoms with E-state index in [1.165, 1.54) is 4.90 Å². The van der Waals surface area contributed by atoms with Crippen molar-refractivity contribution in [2.45, 2.75) is 52.6 Å². The highest BCUT2D eigenvalue weighted by Crippen LogP contribution is 2.43. The van der Waals surface area contributed by atoms with Crippen LogP contribution < -0.4 is 14.2 Å². The Morgan fingerprint density at radius 3 is 2.27 bits per heavy atom. The molecule has 1 aliphatic rings. The number of aliphatic hydroxyl groups is 1. The van der Waals surface area contributed by atoms with Crippen LogP contribution in [0.4, 0.5) is 0 Å². The molecule has 2 heterocycles. The van der Waals surface area contributed by atoms with Crippen molar-refractivity contribution in [3.8, 4) is 17.2 Å². The van der Waals surface area contributed by atoms with Crippen LogP contribution >= 0.6 is 0 Å². The number of amides is 1. The fourth-order valence-corrected chi connectivity index (χ4v) is 4.72. The van der Waals surface area contributed by atoms with Crippen LogP contribution in [0.5, 0.6) is 17.2 Å². The van der Waals surface area contributed by atoms with E-state index in [2.05, 4.69) is 11.9 Å². The smallest absolute Gasteiger partial charge is 0.295 e. The van der Waals surface area contributed by atoms with Crippen molar-refractivity contribution in [1.29, 1.82) is 0 Å². The van der Waals surface area contributed by atoms with Crippen LogP contribution in [0.1, 0.15) is 62.8 Å². The second-order valence-corrected chi connectivity index (χ2v) is 9.43. The van der Waals surface area contributed by atoms with Crippen LogP contribution in [0.25, 0.3) is 5.76 Å². The number of carbonyl (C=O) groups is 2. The number of Topliss-reactive ketones (excluding diaryl/α,β-unsaturated/α-hetero) is 1. The molecule has 1 aromatic heterocycles. The van der Waals surface area contributed by atoms with Gasteiger partial charge in [-0.05, 0) is 79.9 Å². The summed E-state index contributed by atoms with van der Waals surface area (Å²) < 4.78 is 17.4. The largest absolute Gasteiger partial charge is 0.507 e. The lowest BCUT2D eigenvalue weighted by Crippen LogP contribution is -2.29. The van der Waals surface area contributed by atoms with Gasteiger partial charge in [0.05, 0.1) is 31.4 Å². The Labute approximate surface area is 235 Å². The fraction of sp³-hybridized carbons (Fsp3) is 0.344. The third-order valence-corrected chi connectivity index (χ3v) is 6.67. The Kier molecular flexibility index (Phi) is 9.78. The highest BCUT2D eigenvalue weighted by atomic mass is 16.5. The standard InChI is InChI=1S/C32H36N2O6/c1-4-7-8-19-40-26-14-11-24(20-27(26)39-6-3)29-28(30(35)23-9-12-25(13-10-23)38-5-2)31(36)32(37)34(29)21-22-15-17-33-18-16-22/h9-18,20,29,35H,4-8,19,21H2,1-3H3. The first kappa shape index (κ1) is 28.7. The molecular weight excluding hydrogens is 508 g/mol. The third-order valence-electron chi connectivity index (χ3n) is 6.67. The monoisotopic (exact) mass is 544 g/mol. The lowest BCUT2D eigenvalue weighted by molar-refractivity contribution is -0.140. The van der Waals surface area contributed by atoms with E-state index in [9.17, 15) is 14.7 Å². The van der Waals surface area contributed by atoms with Gasteiger partial charge < -0.3 is 24.2 Å². The summed E-state index contributed by atoms with van der Waals surface area (Å²) in [6.07, 6.45) is 6.36. The Morgan fingerprint density at radius 1 is 0.875 bits per heavy atom. The highest BCUT2D eigenvalue weighted by Gasteiger charge is 2.46. The minimum atomic E-state index is -0.840. The first-order valence-corrected chi connectivity index (χ1v) is 13.8. The van der Waals surface area contributed by atoms with Crippen LogP contribution in [0, 0.1) is 0 Å². The highest BCUT2D eigenvalue weighted by molar-refractivity contribution is 6.46. The average Bonchev–Trinajstić information content (AvgIpc) is 3.22. The minimum absolute atomic E-state index is 0.0160. The number of hydrogen-bond acceptors (Lipinski definition) is 7. The molecule has 1 aliphatic heterocycles. The van der Waals surface area contributed by atoms with Gasteiger partial charge in [0.15, 0.2) is 11.5 Å². The maximum atomic E-state index is 13.5. The molecule has 0 bridgehead atoms. The summed E-state index contributed by atoms with van der Waals surface area (Å²) in [7, 11) is 0. The van der Waals surface area contributed by atoms with Gasteiger partial charge in [0.25, 0.3) is 11.7 Å². The zero-order valence-electron chi connectivity index (χ0n) is 23.3. The molecule has 4 rings (SSSR count). The van der Waals surface area contributed by atoms with Crippen molar-refractivity contribution >= 4 is 17.4 Å². The molecule has 0 aliphatic carbocycles. The van der Waals surface area contributed by atoms with Gasteiger partial charge in [-0.3, -0.25) is 14.6 Å². The number of likely N-dealkylation sites (tertiary alicyclic amines) is 1. The van der Waals surface area contributed by atoms with Crippen molar-refractivity contribution in [2.24, 2.45) is 0 Å². The van der Waals surface area contributed by atoms with E-state index in [4.69, 9.17) is 14.2 Å². The summed E-state index contributed by atoms with van der Waals surface area (Å²) in [4.78, 5) is 32.4. The SMILES string of the molecule is CCCCCOc1ccc(C2C(=C(O)c3ccc(OCC)cc3)C(=O)C(=O)N2Cc2ccncc2)cc1OCC. The zero-order chi connectivity index (χ0) is 28.5. The fourth-order valence-electron chi connectivity index (χ4n) is 4.72. The molecule has 1 unspecified atom stereocenters. The number of ether oxygens (including phenoxy) is 3. The number of benzene rings is 2. The molecule has 1 fully saturated rings. The van der Waals surface area contributed by atoms with Crippen molar-refractivity contribution in [2.75, 3.05) is 19.8 Å². The van der Waals surface area contributed by atoms with Crippen LogP contribution in [-0.4, -0.2) is 46.5 Å². The third kappa shape index (κ3) is 6.45. The van der Waals surface area contributed by atoms with E-state index in [1.54, 1.807) is 60.9 Å². The molecule has 8 heteroatoms. The minimum Gasteiger partial charge on any atom is -0.507 e. The predicted molar refractivity (Wildman–Crippen MR) is 152 cm³/mol. The molecule has 3 aromatic rings. The van der Waals surface area contributed by atoms with Crippen molar-refractivity contribution in [3.05, 3.63) is 89.3 Å². The number of aromatic nitrogens is 1. The molecule has 0 radical (unpaired) electrons. The Morgan fingerprint density at radius 2 is 1.60 bits per heavy atom. The van der Waals surface area contributed by atoms with E-state index in [1.807, 2.05) is 19.9 Å². The predicted octanol–water partition coefficient (Wildman–Crippen LogP) is 6.07. The van der Waals surface area contributed by atoms with E-state index in [0.717, 1.165) is 24.8 Å². The number of nitrogens with zero attached hydrogens (tertiary/aromatic N) is 2. The summed E-state index contributed by atoms with van der Waals surface area (Å²) >= 11 is 0. The normalized spacial score (nSPS) is 16.3.